The Balaban J connectivity index is 1.25. The van der Waals surface area contributed by atoms with E-state index < -0.39 is 0 Å². The number of nitrogens with zero attached hydrogens (tertiary/aromatic N) is 4. The number of hydrogen-bond acceptors (Lipinski definition) is 8. The average molecular weight is 432 g/mol. The molecule has 2 aromatic carbocycles. The third kappa shape index (κ3) is 4.73. The molecule has 0 atom stereocenters. The molecule has 3 heterocycles. The quantitative estimate of drug-likeness (QED) is 0.365. The second kappa shape index (κ2) is 9.52. The van der Waals surface area contributed by atoms with Gasteiger partial charge in [-0.25, -0.2) is 4.98 Å². The third-order valence-corrected chi connectivity index (χ3v) is 5.19. The Hall–Kier alpha value is -3.85. The lowest BCUT2D eigenvalue weighted by molar-refractivity contribution is 0.122. The van der Waals surface area contributed by atoms with Gasteiger partial charge in [-0.2, -0.15) is 9.97 Å². The molecule has 0 aliphatic carbocycles. The van der Waals surface area contributed by atoms with Crippen molar-refractivity contribution in [2.75, 3.05) is 55.0 Å². The minimum atomic E-state index is 0.482. The van der Waals surface area contributed by atoms with Crippen LogP contribution in [0.2, 0.25) is 0 Å². The highest BCUT2D eigenvalue weighted by Gasteiger charge is 2.12. The van der Waals surface area contributed by atoms with Crippen molar-refractivity contribution in [2.45, 2.75) is 0 Å². The average Bonchev–Trinajstić information content (AvgIpc) is 3.32. The van der Waals surface area contributed by atoms with Crippen LogP contribution in [0.3, 0.4) is 0 Å². The number of morpholine rings is 1. The Morgan fingerprint density at radius 1 is 1.00 bits per heavy atom. The highest BCUT2D eigenvalue weighted by atomic mass is 16.5. The smallest absolute Gasteiger partial charge is 0.231 e. The maximum absolute atomic E-state index is 5.75. The Labute approximate surface area is 185 Å². The van der Waals surface area contributed by atoms with Crippen LogP contribution in [0.4, 0.5) is 23.1 Å². The van der Waals surface area contributed by atoms with E-state index in [-0.39, 0.29) is 0 Å². The van der Waals surface area contributed by atoms with Gasteiger partial charge in [-0.3, -0.25) is 0 Å². The second-order valence-electron chi connectivity index (χ2n) is 7.36. The molecule has 1 saturated heterocycles. The van der Waals surface area contributed by atoms with E-state index in [1.807, 2.05) is 42.5 Å². The molecule has 0 saturated carbocycles. The van der Waals surface area contributed by atoms with Gasteiger partial charge in [-0.1, -0.05) is 18.2 Å². The number of fused-ring (bicyclic) bond motifs is 1. The van der Waals surface area contributed by atoms with Gasteiger partial charge in [0.05, 0.1) is 26.1 Å². The number of benzene rings is 2. The Kier molecular flexibility index (Phi) is 5.98. The van der Waals surface area contributed by atoms with Gasteiger partial charge in [0.15, 0.2) is 11.5 Å². The summed E-state index contributed by atoms with van der Waals surface area (Å²) in [6.07, 6.45) is 1.62. The summed E-state index contributed by atoms with van der Waals surface area (Å²) in [6, 6.07) is 18.0. The van der Waals surface area contributed by atoms with Gasteiger partial charge < -0.3 is 30.0 Å². The first kappa shape index (κ1) is 20.1. The summed E-state index contributed by atoms with van der Waals surface area (Å²) in [4.78, 5) is 18.9. The minimum absolute atomic E-state index is 0.482. The highest BCUT2D eigenvalue weighted by Crippen LogP contribution is 2.23. The Morgan fingerprint density at radius 3 is 2.62 bits per heavy atom. The second-order valence-corrected chi connectivity index (χ2v) is 7.36. The summed E-state index contributed by atoms with van der Waals surface area (Å²) in [7, 11) is 0. The van der Waals surface area contributed by atoms with Gasteiger partial charge in [0.25, 0.3) is 0 Å². The number of imidazole rings is 1. The fraction of sp³-hybridized carbons (Fsp3) is 0.261. The van der Waals surface area contributed by atoms with Gasteiger partial charge in [-0.15, -0.1) is 0 Å². The molecule has 1 aliphatic heterocycles. The summed E-state index contributed by atoms with van der Waals surface area (Å²) < 4.78 is 11.2. The first-order chi connectivity index (χ1) is 15.8. The summed E-state index contributed by atoms with van der Waals surface area (Å²) in [5, 5.41) is 6.60. The number of H-pyrrole nitrogens is 1. The maximum atomic E-state index is 5.75. The van der Waals surface area contributed by atoms with Crippen LogP contribution in [0.1, 0.15) is 0 Å². The topological polar surface area (TPSA) is 100 Å². The first-order valence-electron chi connectivity index (χ1n) is 10.7. The predicted molar refractivity (Wildman–Crippen MR) is 125 cm³/mol. The minimum Gasteiger partial charge on any atom is -0.492 e. The van der Waals surface area contributed by atoms with Crippen molar-refractivity contribution in [3.05, 3.63) is 60.9 Å². The van der Waals surface area contributed by atoms with Gasteiger partial charge >= 0.3 is 0 Å². The molecule has 0 bridgehead atoms. The van der Waals surface area contributed by atoms with Crippen LogP contribution in [-0.4, -0.2) is 59.4 Å². The summed E-state index contributed by atoms with van der Waals surface area (Å²) in [5.41, 5.74) is 3.45. The molecule has 0 unspecified atom stereocenters. The molecule has 0 radical (unpaired) electrons. The van der Waals surface area contributed by atoms with Crippen molar-refractivity contribution in [2.24, 2.45) is 0 Å². The lowest BCUT2D eigenvalue weighted by Crippen LogP contribution is -2.36. The van der Waals surface area contributed by atoms with Crippen molar-refractivity contribution in [3.8, 4) is 5.75 Å². The largest absolute Gasteiger partial charge is 0.492 e. The molecule has 32 heavy (non-hydrogen) atoms. The Morgan fingerprint density at radius 2 is 1.81 bits per heavy atom. The number of rotatable bonds is 8. The van der Waals surface area contributed by atoms with Gasteiger partial charge in [0, 0.05) is 24.5 Å². The van der Waals surface area contributed by atoms with Crippen molar-refractivity contribution in [1.29, 1.82) is 0 Å². The normalized spacial score (nSPS) is 13.8. The summed E-state index contributed by atoms with van der Waals surface area (Å²) in [6.45, 7) is 4.46. The van der Waals surface area contributed by atoms with E-state index >= 15 is 0 Å². The van der Waals surface area contributed by atoms with Crippen LogP contribution in [-0.2, 0) is 4.74 Å². The molecule has 1 fully saturated rings. The van der Waals surface area contributed by atoms with Gasteiger partial charge in [0.1, 0.15) is 17.9 Å². The first-order valence-corrected chi connectivity index (χ1v) is 10.7. The lowest BCUT2D eigenvalue weighted by atomic mass is 10.2. The highest BCUT2D eigenvalue weighted by molar-refractivity contribution is 5.84. The van der Waals surface area contributed by atoms with Crippen LogP contribution < -0.4 is 20.3 Å². The van der Waals surface area contributed by atoms with Gasteiger partial charge in [0.2, 0.25) is 5.95 Å². The molecule has 1 aliphatic rings. The van der Waals surface area contributed by atoms with Crippen LogP contribution in [0.5, 0.6) is 5.75 Å². The fourth-order valence-corrected chi connectivity index (χ4v) is 3.58. The summed E-state index contributed by atoms with van der Waals surface area (Å²) >= 11 is 0. The van der Waals surface area contributed by atoms with Crippen molar-refractivity contribution < 1.29 is 9.47 Å². The number of nitrogens with one attached hydrogen (secondary N) is 3. The van der Waals surface area contributed by atoms with Crippen molar-refractivity contribution >= 4 is 34.3 Å². The van der Waals surface area contributed by atoms with E-state index in [0.29, 0.717) is 30.6 Å². The van der Waals surface area contributed by atoms with E-state index in [4.69, 9.17) is 9.47 Å². The van der Waals surface area contributed by atoms with E-state index in [9.17, 15) is 0 Å². The molecular formula is C23H25N7O2. The zero-order valence-corrected chi connectivity index (χ0v) is 17.6. The number of hydrogen-bond donors (Lipinski definition) is 3. The van der Waals surface area contributed by atoms with Crippen LogP contribution in [0, 0.1) is 0 Å². The summed E-state index contributed by atoms with van der Waals surface area (Å²) in [5.74, 6) is 2.00. The fourth-order valence-electron chi connectivity index (χ4n) is 3.58. The molecule has 4 aromatic rings. The zero-order valence-electron chi connectivity index (χ0n) is 17.6. The molecule has 3 N–H and O–H groups in total. The monoisotopic (exact) mass is 431 g/mol. The standard InChI is InChI=1S/C23H25N7O2/c1-2-4-19(5-3-1)32-13-10-24-21-20-22(26-16-25-20)29-23(28-21)27-17-6-8-18(9-7-17)30-11-14-31-15-12-30/h1-9,16H,10-15H2,(H3,24,25,26,27,28,29). The van der Waals surface area contributed by atoms with E-state index in [1.54, 1.807) is 6.33 Å². The molecule has 9 heteroatoms. The molecule has 0 spiro atoms. The zero-order chi connectivity index (χ0) is 21.6. The molecule has 9 nitrogen and oxygen atoms in total. The molecule has 2 aromatic heterocycles. The van der Waals surface area contributed by atoms with Crippen molar-refractivity contribution in [1.82, 2.24) is 19.9 Å². The Bertz CT molecular complexity index is 1140. The lowest BCUT2D eigenvalue weighted by Gasteiger charge is -2.28. The number of anilines is 4. The number of ether oxygens (including phenoxy) is 2. The number of para-hydroxylation sites is 1. The molecular weight excluding hydrogens is 406 g/mol. The SMILES string of the molecule is c1ccc(OCCNc2nc(Nc3ccc(N4CCOCC4)cc3)nc3nc[nH]c23)cc1. The van der Waals surface area contributed by atoms with Gasteiger partial charge in [-0.05, 0) is 36.4 Å². The maximum Gasteiger partial charge on any atom is 0.231 e. The predicted octanol–water partition coefficient (Wildman–Crippen LogP) is 3.42. The molecule has 5 rings (SSSR count). The number of aromatic amines is 1. The van der Waals surface area contributed by atoms with E-state index in [0.717, 1.165) is 43.3 Å². The molecule has 0 amide bonds. The van der Waals surface area contributed by atoms with Crippen LogP contribution in [0.25, 0.3) is 11.2 Å². The third-order valence-electron chi connectivity index (χ3n) is 5.19. The van der Waals surface area contributed by atoms with Crippen molar-refractivity contribution in [3.63, 3.8) is 0 Å². The van der Waals surface area contributed by atoms with Crippen LogP contribution in [0.15, 0.2) is 60.9 Å². The number of aromatic nitrogens is 4. The van der Waals surface area contributed by atoms with E-state index in [2.05, 4.69) is 47.6 Å². The molecule has 164 valence electrons. The van der Waals surface area contributed by atoms with E-state index in [1.165, 1.54) is 5.69 Å². The van der Waals surface area contributed by atoms with Crippen LogP contribution >= 0.6 is 0 Å².